The molecule has 0 saturated carbocycles. The molecule has 0 atom stereocenters. The standard InChI is InChI=1S/C18H22N4OS/c1-13-8-17(14(2)22(13)12-16-6-5-7-24-16)18(23)20(3)10-15-9-19-21(4)11-15/h5-9,11H,10,12H2,1-4H3. The number of thiophene rings is 1. The summed E-state index contributed by atoms with van der Waals surface area (Å²) >= 11 is 1.74. The van der Waals surface area contributed by atoms with E-state index in [0.717, 1.165) is 29.1 Å². The topological polar surface area (TPSA) is 43.1 Å². The van der Waals surface area contributed by atoms with Crippen molar-refractivity contribution in [3.8, 4) is 0 Å². The molecule has 0 aliphatic heterocycles. The summed E-state index contributed by atoms with van der Waals surface area (Å²) in [4.78, 5) is 15.9. The normalized spacial score (nSPS) is 11.0. The van der Waals surface area contributed by atoms with E-state index in [4.69, 9.17) is 0 Å². The summed E-state index contributed by atoms with van der Waals surface area (Å²) in [6, 6.07) is 6.17. The van der Waals surface area contributed by atoms with Crippen LogP contribution in [-0.4, -0.2) is 32.2 Å². The van der Waals surface area contributed by atoms with Crippen molar-refractivity contribution >= 4 is 17.2 Å². The maximum absolute atomic E-state index is 12.8. The van der Waals surface area contributed by atoms with Crippen LogP contribution in [-0.2, 0) is 20.1 Å². The summed E-state index contributed by atoms with van der Waals surface area (Å²) in [5.41, 5.74) is 3.93. The number of rotatable bonds is 5. The van der Waals surface area contributed by atoms with Gasteiger partial charge in [0.2, 0.25) is 0 Å². The molecular formula is C18H22N4OS. The number of hydrogen-bond acceptors (Lipinski definition) is 3. The molecule has 3 heterocycles. The van der Waals surface area contributed by atoms with E-state index in [9.17, 15) is 4.79 Å². The Morgan fingerprint density at radius 2 is 2.17 bits per heavy atom. The van der Waals surface area contributed by atoms with Gasteiger partial charge in [-0.1, -0.05) is 6.07 Å². The third-order valence-electron chi connectivity index (χ3n) is 4.22. The van der Waals surface area contributed by atoms with Gasteiger partial charge in [0.1, 0.15) is 0 Å². The molecule has 0 aliphatic carbocycles. The summed E-state index contributed by atoms with van der Waals surface area (Å²) in [6.45, 7) is 5.44. The molecule has 1 amide bonds. The molecule has 5 nitrogen and oxygen atoms in total. The number of nitrogens with zero attached hydrogens (tertiary/aromatic N) is 4. The van der Waals surface area contributed by atoms with E-state index >= 15 is 0 Å². The average Bonchev–Trinajstić information content (AvgIpc) is 3.25. The van der Waals surface area contributed by atoms with Crippen LogP contribution in [0, 0.1) is 13.8 Å². The minimum Gasteiger partial charge on any atom is -0.343 e. The molecule has 0 aromatic carbocycles. The smallest absolute Gasteiger partial charge is 0.255 e. The van der Waals surface area contributed by atoms with E-state index in [2.05, 4.69) is 34.1 Å². The Hall–Kier alpha value is -2.34. The molecule has 126 valence electrons. The molecule has 0 bridgehead atoms. The fourth-order valence-corrected chi connectivity index (χ4v) is 3.62. The van der Waals surface area contributed by atoms with Crippen LogP contribution in [0.3, 0.4) is 0 Å². The monoisotopic (exact) mass is 342 g/mol. The van der Waals surface area contributed by atoms with Crippen molar-refractivity contribution in [2.45, 2.75) is 26.9 Å². The second-order valence-corrected chi connectivity index (χ2v) is 7.17. The third-order valence-corrected chi connectivity index (χ3v) is 5.08. The first-order chi connectivity index (χ1) is 11.5. The average molecular weight is 342 g/mol. The van der Waals surface area contributed by atoms with Crippen LogP contribution in [0.1, 0.15) is 32.2 Å². The lowest BCUT2D eigenvalue weighted by Gasteiger charge is -2.16. The Bertz CT molecular complexity index is 845. The van der Waals surface area contributed by atoms with Crippen molar-refractivity contribution in [2.75, 3.05) is 7.05 Å². The minimum absolute atomic E-state index is 0.0457. The zero-order valence-corrected chi connectivity index (χ0v) is 15.3. The number of carbonyl (C=O) groups is 1. The van der Waals surface area contributed by atoms with E-state index in [-0.39, 0.29) is 5.91 Å². The van der Waals surface area contributed by atoms with Crippen molar-refractivity contribution in [2.24, 2.45) is 7.05 Å². The zero-order valence-electron chi connectivity index (χ0n) is 14.5. The summed E-state index contributed by atoms with van der Waals surface area (Å²) in [7, 11) is 3.71. The summed E-state index contributed by atoms with van der Waals surface area (Å²) in [6.07, 6.45) is 3.73. The lowest BCUT2D eigenvalue weighted by Crippen LogP contribution is -2.26. The van der Waals surface area contributed by atoms with Crippen molar-refractivity contribution in [1.82, 2.24) is 19.2 Å². The van der Waals surface area contributed by atoms with Crippen molar-refractivity contribution in [3.63, 3.8) is 0 Å². The number of amides is 1. The number of hydrogen-bond donors (Lipinski definition) is 0. The fourth-order valence-electron chi connectivity index (χ4n) is 2.92. The summed E-state index contributed by atoms with van der Waals surface area (Å²) in [5.74, 6) is 0.0457. The molecule has 0 saturated heterocycles. The van der Waals surface area contributed by atoms with Gasteiger partial charge in [0, 0.05) is 48.7 Å². The molecule has 0 aliphatic rings. The van der Waals surface area contributed by atoms with Gasteiger partial charge >= 0.3 is 0 Å². The van der Waals surface area contributed by atoms with Crippen LogP contribution < -0.4 is 0 Å². The predicted molar refractivity (Wildman–Crippen MR) is 96.3 cm³/mol. The van der Waals surface area contributed by atoms with E-state index in [1.165, 1.54) is 4.88 Å². The highest BCUT2D eigenvalue weighted by Crippen LogP contribution is 2.21. The van der Waals surface area contributed by atoms with Crippen LogP contribution in [0.4, 0.5) is 0 Å². The Morgan fingerprint density at radius 3 is 2.79 bits per heavy atom. The van der Waals surface area contributed by atoms with Gasteiger partial charge < -0.3 is 9.47 Å². The highest BCUT2D eigenvalue weighted by molar-refractivity contribution is 7.09. The summed E-state index contributed by atoms with van der Waals surface area (Å²) < 4.78 is 3.96. The molecule has 0 spiro atoms. The van der Waals surface area contributed by atoms with Crippen molar-refractivity contribution in [1.29, 1.82) is 0 Å². The molecule has 0 fully saturated rings. The zero-order chi connectivity index (χ0) is 17.3. The maximum atomic E-state index is 12.8. The van der Waals surface area contributed by atoms with Gasteiger partial charge in [-0.15, -0.1) is 11.3 Å². The molecule has 24 heavy (non-hydrogen) atoms. The highest BCUT2D eigenvalue weighted by Gasteiger charge is 2.19. The lowest BCUT2D eigenvalue weighted by atomic mass is 10.2. The second-order valence-electron chi connectivity index (χ2n) is 6.13. The molecule has 0 radical (unpaired) electrons. The molecule has 0 N–H and O–H groups in total. The molecule has 3 aromatic heterocycles. The molecular weight excluding hydrogens is 320 g/mol. The van der Waals surface area contributed by atoms with E-state index in [1.807, 2.05) is 33.3 Å². The van der Waals surface area contributed by atoms with Gasteiger partial charge in [0.25, 0.3) is 5.91 Å². The van der Waals surface area contributed by atoms with Gasteiger partial charge in [-0.3, -0.25) is 9.48 Å². The predicted octanol–water partition coefficient (Wildman–Crippen LogP) is 3.22. The van der Waals surface area contributed by atoms with Gasteiger partial charge in [-0.05, 0) is 31.4 Å². The van der Waals surface area contributed by atoms with Crippen LogP contribution in [0.15, 0.2) is 36.0 Å². The Balaban J connectivity index is 1.79. The van der Waals surface area contributed by atoms with E-state index in [1.54, 1.807) is 27.1 Å². The van der Waals surface area contributed by atoms with Crippen LogP contribution in [0.2, 0.25) is 0 Å². The number of aromatic nitrogens is 3. The van der Waals surface area contributed by atoms with E-state index < -0.39 is 0 Å². The van der Waals surface area contributed by atoms with Gasteiger partial charge in [0.05, 0.1) is 18.3 Å². The van der Waals surface area contributed by atoms with Crippen LogP contribution in [0.25, 0.3) is 0 Å². The molecule has 6 heteroatoms. The second kappa shape index (κ2) is 6.65. The maximum Gasteiger partial charge on any atom is 0.255 e. The molecule has 0 unspecified atom stereocenters. The number of aryl methyl sites for hydroxylation is 2. The molecule has 3 aromatic rings. The van der Waals surface area contributed by atoms with Gasteiger partial charge in [-0.25, -0.2) is 0 Å². The number of carbonyl (C=O) groups excluding carboxylic acids is 1. The highest BCUT2D eigenvalue weighted by atomic mass is 32.1. The Morgan fingerprint density at radius 1 is 1.38 bits per heavy atom. The lowest BCUT2D eigenvalue weighted by molar-refractivity contribution is 0.0784. The Labute approximate surface area is 146 Å². The van der Waals surface area contributed by atoms with E-state index in [0.29, 0.717) is 6.54 Å². The van der Waals surface area contributed by atoms with Crippen LogP contribution in [0.5, 0.6) is 0 Å². The fraction of sp³-hybridized carbons (Fsp3) is 0.333. The largest absolute Gasteiger partial charge is 0.343 e. The van der Waals surface area contributed by atoms with Crippen LogP contribution >= 0.6 is 11.3 Å². The van der Waals surface area contributed by atoms with Gasteiger partial charge in [0.15, 0.2) is 0 Å². The summed E-state index contributed by atoms with van der Waals surface area (Å²) in [5, 5.41) is 6.24. The first-order valence-electron chi connectivity index (χ1n) is 7.88. The van der Waals surface area contributed by atoms with Crippen molar-refractivity contribution in [3.05, 3.63) is 63.4 Å². The SMILES string of the molecule is Cc1cc(C(=O)N(C)Cc2cnn(C)c2)c(C)n1Cc1cccs1. The third kappa shape index (κ3) is 3.28. The minimum atomic E-state index is 0.0457. The van der Waals surface area contributed by atoms with Gasteiger partial charge in [-0.2, -0.15) is 5.10 Å². The quantitative estimate of drug-likeness (QED) is 0.714. The molecule has 3 rings (SSSR count). The first-order valence-corrected chi connectivity index (χ1v) is 8.75. The first kappa shape index (κ1) is 16.5. The van der Waals surface area contributed by atoms with Crippen molar-refractivity contribution < 1.29 is 4.79 Å². The Kier molecular flexibility index (Phi) is 4.57.